The second kappa shape index (κ2) is 8.95. The molecule has 2 aromatic carbocycles. The molecular weight excluding hydrogens is 366 g/mol. The van der Waals surface area contributed by atoms with Gasteiger partial charge in [-0.25, -0.2) is 4.79 Å². The van der Waals surface area contributed by atoms with Crippen molar-refractivity contribution in [3.63, 3.8) is 0 Å². The van der Waals surface area contributed by atoms with Gasteiger partial charge < -0.3 is 14.5 Å². The summed E-state index contributed by atoms with van der Waals surface area (Å²) in [4.78, 5) is 24.3. The summed E-state index contributed by atoms with van der Waals surface area (Å²) < 4.78 is 11.0. The number of fused-ring (bicyclic) bond motifs is 1. The Labute approximate surface area is 170 Å². The number of aryl methyl sites for hydroxylation is 2. The predicted octanol–water partition coefficient (Wildman–Crippen LogP) is 5.06. The summed E-state index contributed by atoms with van der Waals surface area (Å²) >= 11 is 0. The van der Waals surface area contributed by atoms with Crippen LogP contribution in [0, 0.1) is 0 Å². The highest BCUT2D eigenvalue weighted by atomic mass is 16.5. The Kier molecular flexibility index (Phi) is 6.37. The van der Waals surface area contributed by atoms with E-state index < -0.39 is 0 Å². The number of para-hydroxylation sites is 1. The smallest absolute Gasteiger partial charge is 0.336 e. The molecule has 1 heterocycles. The van der Waals surface area contributed by atoms with E-state index in [-0.39, 0.29) is 24.1 Å². The molecule has 5 heteroatoms. The summed E-state index contributed by atoms with van der Waals surface area (Å²) in [6, 6.07) is 12.9. The number of carbonyl (C=O) groups is 1. The Morgan fingerprint density at radius 2 is 1.76 bits per heavy atom. The molecule has 29 heavy (non-hydrogen) atoms. The highest BCUT2D eigenvalue weighted by molar-refractivity contribution is 5.93. The molecule has 0 aliphatic heterocycles. The zero-order chi connectivity index (χ0) is 21.0. The fraction of sp³-hybridized carbons (Fsp3) is 0.333. The van der Waals surface area contributed by atoms with Crippen LogP contribution in [-0.4, -0.2) is 12.5 Å². The average molecular weight is 393 g/mol. The first-order chi connectivity index (χ1) is 13.9. The van der Waals surface area contributed by atoms with Gasteiger partial charge in [-0.3, -0.25) is 4.79 Å². The highest BCUT2D eigenvalue weighted by Gasteiger charge is 2.13. The standard InChI is InChI=1S/C24H27NO4/c1-5-16-8-7-9-17(6-2)24(16)25-22(26)14-28-18-10-11-19-20(15(3)4)13-23(27)29-21(19)12-18/h7-13,15H,5-6,14H2,1-4H3,(H,25,26). The molecule has 3 aromatic rings. The first-order valence-electron chi connectivity index (χ1n) is 10.0. The van der Waals surface area contributed by atoms with Gasteiger partial charge in [0, 0.05) is 23.2 Å². The van der Waals surface area contributed by atoms with E-state index in [9.17, 15) is 9.59 Å². The van der Waals surface area contributed by atoms with Crippen molar-refractivity contribution >= 4 is 22.6 Å². The summed E-state index contributed by atoms with van der Waals surface area (Å²) in [5.41, 5.74) is 4.09. The van der Waals surface area contributed by atoms with E-state index in [2.05, 4.69) is 19.2 Å². The van der Waals surface area contributed by atoms with E-state index in [1.165, 1.54) is 6.07 Å². The number of anilines is 1. The summed E-state index contributed by atoms with van der Waals surface area (Å²) in [6.07, 6.45) is 1.68. The quantitative estimate of drug-likeness (QED) is 0.570. The molecule has 0 radical (unpaired) electrons. The van der Waals surface area contributed by atoms with Crippen molar-refractivity contribution in [2.75, 3.05) is 11.9 Å². The maximum absolute atomic E-state index is 12.5. The predicted molar refractivity (Wildman–Crippen MR) is 116 cm³/mol. The Bertz CT molecular complexity index is 1060. The van der Waals surface area contributed by atoms with Gasteiger partial charge in [0.2, 0.25) is 0 Å². The van der Waals surface area contributed by atoms with Gasteiger partial charge in [0.05, 0.1) is 0 Å². The van der Waals surface area contributed by atoms with Crippen LogP contribution >= 0.6 is 0 Å². The molecule has 0 aliphatic carbocycles. The molecule has 1 aromatic heterocycles. The molecule has 5 nitrogen and oxygen atoms in total. The van der Waals surface area contributed by atoms with E-state index in [4.69, 9.17) is 9.15 Å². The molecule has 0 bridgehead atoms. The minimum absolute atomic E-state index is 0.124. The number of carbonyl (C=O) groups excluding carboxylic acids is 1. The van der Waals surface area contributed by atoms with E-state index in [0.717, 1.165) is 40.6 Å². The fourth-order valence-electron chi connectivity index (χ4n) is 3.46. The zero-order valence-corrected chi connectivity index (χ0v) is 17.4. The lowest BCUT2D eigenvalue weighted by Gasteiger charge is -2.15. The van der Waals surface area contributed by atoms with Gasteiger partial charge in [-0.1, -0.05) is 45.9 Å². The minimum Gasteiger partial charge on any atom is -0.484 e. The molecule has 1 amide bonds. The number of hydrogen-bond acceptors (Lipinski definition) is 4. The van der Waals surface area contributed by atoms with Crippen LogP contribution in [0.5, 0.6) is 5.75 Å². The summed E-state index contributed by atoms with van der Waals surface area (Å²) in [6.45, 7) is 8.06. The molecule has 0 unspecified atom stereocenters. The Balaban J connectivity index is 1.76. The average Bonchev–Trinajstić information content (AvgIpc) is 2.71. The van der Waals surface area contributed by atoms with Crippen molar-refractivity contribution in [1.82, 2.24) is 0 Å². The van der Waals surface area contributed by atoms with E-state index in [1.807, 2.05) is 38.1 Å². The van der Waals surface area contributed by atoms with Gasteiger partial charge in [0.1, 0.15) is 11.3 Å². The van der Waals surface area contributed by atoms with Crippen molar-refractivity contribution in [2.24, 2.45) is 0 Å². The molecular formula is C24H27NO4. The molecule has 0 fully saturated rings. The topological polar surface area (TPSA) is 68.5 Å². The summed E-state index contributed by atoms with van der Waals surface area (Å²) in [5, 5.41) is 3.86. The van der Waals surface area contributed by atoms with Crippen molar-refractivity contribution in [3.05, 3.63) is 69.6 Å². The summed E-state index contributed by atoms with van der Waals surface area (Å²) in [5.74, 6) is 0.458. The minimum atomic E-state index is -0.389. The van der Waals surface area contributed by atoms with E-state index >= 15 is 0 Å². The maximum atomic E-state index is 12.5. The number of hydrogen-bond donors (Lipinski definition) is 1. The molecule has 0 aliphatic rings. The SMILES string of the molecule is CCc1cccc(CC)c1NC(=O)COc1ccc2c(C(C)C)cc(=O)oc2c1. The van der Waals surface area contributed by atoms with Crippen LogP contribution in [-0.2, 0) is 17.6 Å². The molecule has 0 spiro atoms. The largest absolute Gasteiger partial charge is 0.484 e. The molecule has 1 N–H and O–H groups in total. The van der Waals surface area contributed by atoms with Crippen LogP contribution in [0.25, 0.3) is 11.0 Å². The van der Waals surface area contributed by atoms with Crippen molar-refractivity contribution in [3.8, 4) is 5.75 Å². The van der Waals surface area contributed by atoms with Gasteiger partial charge >= 0.3 is 5.63 Å². The number of ether oxygens (including phenoxy) is 1. The van der Waals surface area contributed by atoms with Gasteiger partial charge in [0.15, 0.2) is 6.61 Å². The van der Waals surface area contributed by atoms with E-state index in [0.29, 0.717) is 11.3 Å². The lowest BCUT2D eigenvalue weighted by molar-refractivity contribution is -0.118. The maximum Gasteiger partial charge on any atom is 0.336 e. The second-order valence-corrected chi connectivity index (χ2v) is 7.33. The molecule has 0 saturated carbocycles. The summed E-state index contributed by atoms with van der Waals surface area (Å²) in [7, 11) is 0. The third kappa shape index (κ3) is 4.67. The first-order valence-corrected chi connectivity index (χ1v) is 10.0. The van der Waals surface area contributed by atoms with Crippen molar-refractivity contribution < 1.29 is 13.9 Å². The Morgan fingerprint density at radius 3 is 2.38 bits per heavy atom. The number of nitrogens with one attached hydrogen (secondary N) is 1. The van der Waals surface area contributed by atoms with Gasteiger partial charge in [-0.05, 0) is 47.6 Å². The third-order valence-corrected chi connectivity index (χ3v) is 5.00. The van der Waals surface area contributed by atoms with Crippen LogP contribution < -0.4 is 15.7 Å². The van der Waals surface area contributed by atoms with Gasteiger partial charge in [0.25, 0.3) is 5.91 Å². The highest BCUT2D eigenvalue weighted by Crippen LogP contribution is 2.27. The van der Waals surface area contributed by atoms with Crippen LogP contribution in [0.15, 0.2) is 51.7 Å². The number of rotatable bonds is 7. The molecule has 0 atom stereocenters. The fourth-order valence-corrected chi connectivity index (χ4v) is 3.46. The van der Waals surface area contributed by atoms with Gasteiger partial charge in [-0.15, -0.1) is 0 Å². The first kappa shape index (κ1) is 20.6. The van der Waals surface area contributed by atoms with E-state index in [1.54, 1.807) is 12.1 Å². The number of amides is 1. The molecule has 3 rings (SSSR count). The number of benzene rings is 2. The molecule has 152 valence electrons. The normalized spacial score (nSPS) is 11.1. The lowest BCUT2D eigenvalue weighted by atomic mass is 10.00. The Morgan fingerprint density at radius 1 is 1.07 bits per heavy atom. The van der Waals surface area contributed by atoms with Crippen LogP contribution in [0.2, 0.25) is 0 Å². The second-order valence-electron chi connectivity index (χ2n) is 7.33. The van der Waals surface area contributed by atoms with Crippen LogP contribution in [0.1, 0.15) is 50.3 Å². The monoisotopic (exact) mass is 393 g/mol. The van der Waals surface area contributed by atoms with Gasteiger partial charge in [-0.2, -0.15) is 0 Å². The lowest BCUT2D eigenvalue weighted by Crippen LogP contribution is -2.21. The Hall–Kier alpha value is -3.08. The van der Waals surface area contributed by atoms with Crippen molar-refractivity contribution in [2.45, 2.75) is 46.5 Å². The van der Waals surface area contributed by atoms with Crippen LogP contribution in [0.4, 0.5) is 5.69 Å². The zero-order valence-electron chi connectivity index (χ0n) is 17.4. The molecule has 0 saturated heterocycles. The third-order valence-electron chi connectivity index (χ3n) is 5.00. The van der Waals surface area contributed by atoms with Crippen LogP contribution in [0.3, 0.4) is 0 Å². The van der Waals surface area contributed by atoms with Crippen molar-refractivity contribution in [1.29, 1.82) is 0 Å².